The van der Waals surface area contributed by atoms with Crippen LogP contribution in [0.15, 0.2) is 84.3 Å². The monoisotopic (exact) mass is 505 g/mol. The Kier molecular flexibility index (Phi) is 7.95. The average molecular weight is 506 g/mol. The quantitative estimate of drug-likeness (QED) is 0.234. The van der Waals surface area contributed by atoms with Gasteiger partial charge in [0.25, 0.3) is 11.1 Å². The van der Waals surface area contributed by atoms with Crippen LogP contribution in [0.2, 0.25) is 5.02 Å². The number of carbonyl (C=O) groups is 2. The van der Waals surface area contributed by atoms with E-state index in [9.17, 15) is 9.59 Å². The van der Waals surface area contributed by atoms with Crippen molar-refractivity contribution in [3.63, 3.8) is 0 Å². The lowest BCUT2D eigenvalue weighted by molar-refractivity contribution is -0.123. The van der Waals surface area contributed by atoms with Crippen LogP contribution in [-0.4, -0.2) is 23.2 Å². The number of benzene rings is 3. The predicted octanol–water partition coefficient (Wildman–Crippen LogP) is 6.89. The summed E-state index contributed by atoms with van der Waals surface area (Å²) < 4.78 is 11.7. The first kappa shape index (κ1) is 24.6. The third-order valence-electron chi connectivity index (χ3n) is 5.42. The average Bonchev–Trinajstić information content (AvgIpc) is 3.12. The van der Waals surface area contributed by atoms with Crippen molar-refractivity contribution in [1.82, 2.24) is 4.90 Å². The standard InChI is InChI=1S/C28H24ClNO4S/c1-3-9-21-14-20(15-24(33-2)26(21)34-18-19-10-5-4-6-11-19)16-25-27(31)30(28(32)35-25)17-22-12-7-8-13-23(22)29/h3-8,10-16H,1,9,17-18H2,2H3/b25-16-. The highest BCUT2D eigenvalue weighted by Crippen LogP contribution is 2.38. The lowest BCUT2D eigenvalue weighted by Gasteiger charge is -2.16. The van der Waals surface area contributed by atoms with E-state index in [-0.39, 0.29) is 17.7 Å². The highest BCUT2D eigenvalue weighted by molar-refractivity contribution is 8.18. The van der Waals surface area contributed by atoms with Crippen molar-refractivity contribution in [1.29, 1.82) is 0 Å². The molecule has 178 valence electrons. The minimum atomic E-state index is -0.353. The fourth-order valence-electron chi connectivity index (χ4n) is 3.70. The SMILES string of the molecule is C=CCc1cc(/C=C2\SC(=O)N(Cc3ccccc3Cl)C2=O)cc(OC)c1OCc1ccccc1. The summed E-state index contributed by atoms with van der Waals surface area (Å²) in [5, 5.41) is 0.183. The molecule has 3 aromatic rings. The van der Waals surface area contributed by atoms with E-state index in [2.05, 4.69) is 6.58 Å². The van der Waals surface area contributed by atoms with Gasteiger partial charge in [0, 0.05) is 10.6 Å². The molecule has 1 saturated heterocycles. The molecule has 2 amide bonds. The van der Waals surface area contributed by atoms with Crippen LogP contribution in [0.5, 0.6) is 11.5 Å². The third kappa shape index (κ3) is 5.78. The van der Waals surface area contributed by atoms with E-state index in [0.717, 1.165) is 28.5 Å². The number of amides is 2. The summed E-state index contributed by atoms with van der Waals surface area (Å²) in [7, 11) is 1.57. The van der Waals surface area contributed by atoms with E-state index in [1.54, 1.807) is 43.5 Å². The topological polar surface area (TPSA) is 55.8 Å². The summed E-state index contributed by atoms with van der Waals surface area (Å²) in [4.78, 5) is 27.2. The van der Waals surface area contributed by atoms with Gasteiger partial charge in [0.2, 0.25) is 0 Å². The second kappa shape index (κ2) is 11.3. The fourth-order valence-corrected chi connectivity index (χ4v) is 4.74. The maximum Gasteiger partial charge on any atom is 0.293 e. The molecule has 1 aliphatic rings. The highest BCUT2D eigenvalue weighted by Gasteiger charge is 2.35. The van der Waals surface area contributed by atoms with E-state index >= 15 is 0 Å². The Bertz CT molecular complexity index is 1290. The number of allylic oxidation sites excluding steroid dienone is 1. The molecule has 35 heavy (non-hydrogen) atoms. The summed E-state index contributed by atoms with van der Waals surface area (Å²) in [5.74, 6) is 0.815. The van der Waals surface area contributed by atoms with Crippen molar-refractivity contribution >= 4 is 40.6 Å². The second-order valence-corrected chi connectivity index (χ2v) is 9.24. The highest BCUT2D eigenvalue weighted by atomic mass is 35.5. The minimum absolute atomic E-state index is 0.124. The minimum Gasteiger partial charge on any atom is -0.493 e. The molecule has 0 radical (unpaired) electrons. The van der Waals surface area contributed by atoms with Crippen LogP contribution in [-0.2, 0) is 24.4 Å². The summed E-state index contributed by atoms with van der Waals surface area (Å²) in [6.45, 7) is 4.37. The van der Waals surface area contributed by atoms with Crippen molar-refractivity contribution in [2.75, 3.05) is 7.11 Å². The molecule has 3 aromatic carbocycles. The van der Waals surface area contributed by atoms with Gasteiger partial charge >= 0.3 is 0 Å². The molecular formula is C28H24ClNO4S. The Hall–Kier alpha value is -3.48. The van der Waals surface area contributed by atoms with Crippen LogP contribution in [0, 0.1) is 0 Å². The summed E-state index contributed by atoms with van der Waals surface area (Å²) in [6.07, 6.45) is 4.04. The molecule has 7 heteroatoms. The number of hydrogen-bond donors (Lipinski definition) is 0. The van der Waals surface area contributed by atoms with Crippen LogP contribution in [0.4, 0.5) is 4.79 Å². The Morgan fingerprint density at radius 3 is 2.49 bits per heavy atom. The first-order valence-corrected chi connectivity index (χ1v) is 12.2. The van der Waals surface area contributed by atoms with Crippen LogP contribution in [0.25, 0.3) is 6.08 Å². The normalized spacial score (nSPS) is 14.5. The van der Waals surface area contributed by atoms with Gasteiger partial charge in [-0.1, -0.05) is 66.2 Å². The van der Waals surface area contributed by atoms with E-state index in [1.807, 2.05) is 42.5 Å². The molecule has 1 aliphatic heterocycles. The maximum absolute atomic E-state index is 13.0. The van der Waals surface area contributed by atoms with Gasteiger partial charge in [-0.15, -0.1) is 6.58 Å². The van der Waals surface area contributed by atoms with Gasteiger partial charge in [0.15, 0.2) is 11.5 Å². The van der Waals surface area contributed by atoms with E-state index in [4.69, 9.17) is 21.1 Å². The molecule has 0 bridgehead atoms. The molecule has 1 heterocycles. The lowest BCUT2D eigenvalue weighted by atomic mass is 10.0. The van der Waals surface area contributed by atoms with Crippen molar-refractivity contribution < 1.29 is 19.1 Å². The van der Waals surface area contributed by atoms with Gasteiger partial charge in [-0.2, -0.15) is 0 Å². The van der Waals surface area contributed by atoms with Crippen LogP contribution in [0.3, 0.4) is 0 Å². The first-order chi connectivity index (χ1) is 17.0. The summed E-state index contributed by atoms with van der Waals surface area (Å²) in [6, 6.07) is 20.8. The lowest BCUT2D eigenvalue weighted by Crippen LogP contribution is -2.27. The smallest absolute Gasteiger partial charge is 0.293 e. The Morgan fingerprint density at radius 1 is 1.03 bits per heavy atom. The molecule has 1 fully saturated rings. The number of ether oxygens (including phenoxy) is 2. The molecule has 0 unspecified atom stereocenters. The third-order valence-corrected chi connectivity index (χ3v) is 6.70. The van der Waals surface area contributed by atoms with Crippen molar-refractivity contribution in [3.8, 4) is 11.5 Å². The molecule has 4 rings (SSSR count). The number of imide groups is 1. The first-order valence-electron chi connectivity index (χ1n) is 11.0. The number of rotatable bonds is 9. The summed E-state index contributed by atoms with van der Waals surface area (Å²) in [5.41, 5.74) is 3.36. The van der Waals surface area contributed by atoms with E-state index in [0.29, 0.717) is 40.0 Å². The van der Waals surface area contributed by atoms with Crippen LogP contribution in [0.1, 0.15) is 22.3 Å². The molecule has 5 nitrogen and oxygen atoms in total. The molecule has 0 N–H and O–H groups in total. The molecule has 0 atom stereocenters. The van der Waals surface area contributed by atoms with Gasteiger partial charge in [-0.25, -0.2) is 0 Å². The van der Waals surface area contributed by atoms with Gasteiger partial charge < -0.3 is 9.47 Å². The van der Waals surface area contributed by atoms with E-state index in [1.165, 1.54) is 4.90 Å². The Balaban J connectivity index is 1.60. The van der Waals surface area contributed by atoms with Crippen molar-refractivity contribution in [2.24, 2.45) is 0 Å². The molecule has 0 saturated carbocycles. The second-order valence-electron chi connectivity index (χ2n) is 7.84. The van der Waals surface area contributed by atoms with Gasteiger partial charge in [-0.3, -0.25) is 14.5 Å². The van der Waals surface area contributed by atoms with Gasteiger partial charge in [0.05, 0.1) is 18.6 Å². The largest absolute Gasteiger partial charge is 0.493 e. The van der Waals surface area contributed by atoms with Crippen LogP contribution >= 0.6 is 23.4 Å². The zero-order chi connectivity index (χ0) is 24.8. The zero-order valence-electron chi connectivity index (χ0n) is 19.2. The van der Waals surface area contributed by atoms with E-state index < -0.39 is 0 Å². The number of nitrogens with zero attached hydrogens (tertiary/aromatic N) is 1. The molecule has 0 aromatic heterocycles. The van der Waals surface area contributed by atoms with Crippen molar-refractivity contribution in [3.05, 3.63) is 112 Å². The Morgan fingerprint density at radius 2 is 1.77 bits per heavy atom. The maximum atomic E-state index is 13.0. The summed E-state index contributed by atoms with van der Waals surface area (Å²) >= 11 is 7.13. The zero-order valence-corrected chi connectivity index (χ0v) is 20.8. The number of carbonyl (C=O) groups excluding carboxylic acids is 2. The molecule has 0 aliphatic carbocycles. The van der Waals surface area contributed by atoms with Crippen molar-refractivity contribution in [2.45, 2.75) is 19.6 Å². The number of halogens is 1. The number of thioether (sulfide) groups is 1. The number of methoxy groups -OCH3 is 1. The number of hydrogen-bond acceptors (Lipinski definition) is 5. The van der Waals surface area contributed by atoms with Crippen LogP contribution < -0.4 is 9.47 Å². The molecular weight excluding hydrogens is 482 g/mol. The molecule has 0 spiro atoms. The fraction of sp³-hybridized carbons (Fsp3) is 0.143. The van der Waals surface area contributed by atoms with Gasteiger partial charge in [-0.05, 0) is 59.1 Å². The Labute approximate surface area is 214 Å². The van der Waals surface area contributed by atoms with Gasteiger partial charge in [0.1, 0.15) is 6.61 Å². The predicted molar refractivity (Wildman–Crippen MR) is 141 cm³/mol.